The zero-order chi connectivity index (χ0) is 17.2. The molecule has 1 amide bonds. The monoisotopic (exact) mass is 369 g/mol. The van der Waals surface area contributed by atoms with Crippen LogP contribution in [0.25, 0.3) is 22.8 Å². The van der Waals surface area contributed by atoms with Gasteiger partial charge in [0.05, 0.1) is 11.8 Å². The van der Waals surface area contributed by atoms with Gasteiger partial charge in [-0.2, -0.15) is 0 Å². The number of nitrogens with two attached hydrogens (primary N) is 1. The highest BCUT2D eigenvalue weighted by Crippen LogP contribution is 2.29. The summed E-state index contributed by atoms with van der Waals surface area (Å²) in [6.07, 6.45) is 2.53. The molecule has 0 bridgehead atoms. The Labute approximate surface area is 158 Å². The Kier molecular flexibility index (Phi) is 5.40. The number of oxazole rings is 1. The molecule has 1 fully saturated rings. The van der Waals surface area contributed by atoms with Gasteiger partial charge in [0.1, 0.15) is 0 Å². The van der Waals surface area contributed by atoms with Gasteiger partial charge >= 0.3 is 0 Å². The number of benzene rings is 2. The van der Waals surface area contributed by atoms with E-state index in [2.05, 4.69) is 4.98 Å². The first-order chi connectivity index (χ1) is 12.2. The Balaban J connectivity index is 0.00000196. The van der Waals surface area contributed by atoms with Gasteiger partial charge < -0.3 is 15.1 Å². The minimum atomic E-state index is -0.0250. The Bertz CT molecular complexity index is 895. The van der Waals surface area contributed by atoms with Crippen LogP contribution in [0, 0.1) is 0 Å². The van der Waals surface area contributed by atoms with Crippen LogP contribution >= 0.6 is 12.4 Å². The third kappa shape index (κ3) is 3.49. The zero-order valence-electron chi connectivity index (χ0n) is 14.2. The van der Waals surface area contributed by atoms with E-state index in [1.165, 1.54) is 0 Å². The van der Waals surface area contributed by atoms with Crippen molar-refractivity contribution in [1.82, 2.24) is 9.88 Å². The molecule has 2 N–H and O–H groups in total. The highest BCUT2D eigenvalue weighted by molar-refractivity contribution is 6.00. The molecular formula is C20H20ClN3O2. The first-order valence-corrected chi connectivity index (χ1v) is 8.38. The van der Waals surface area contributed by atoms with Crippen LogP contribution in [0.5, 0.6) is 0 Å². The van der Waals surface area contributed by atoms with Crippen LogP contribution in [-0.2, 0) is 0 Å². The van der Waals surface area contributed by atoms with Gasteiger partial charge in [0, 0.05) is 30.3 Å². The second-order valence-corrected chi connectivity index (χ2v) is 6.24. The molecule has 0 saturated carbocycles. The van der Waals surface area contributed by atoms with Crippen molar-refractivity contribution >= 4 is 18.3 Å². The number of aromatic nitrogens is 1. The number of nitrogens with zero attached hydrogens (tertiary/aromatic N) is 2. The fourth-order valence-electron chi connectivity index (χ4n) is 3.13. The Hall–Kier alpha value is -2.63. The van der Waals surface area contributed by atoms with Gasteiger partial charge in [0.2, 0.25) is 5.89 Å². The summed E-state index contributed by atoms with van der Waals surface area (Å²) in [5, 5.41) is 0. The number of carbonyl (C=O) groups excluding carboxylic acids is 1. The van der Waals surface area contributed by atoms with Gasteiger partial charge in [-0.1, -0.05) is 42.5 Å². The van der Waals surface area contributed by atoms with Crippen LogP contribution in [0.4, 0.5) is 0 Å². The normalized spacial score (nSPS) is 16.3. The summed E-state index contributed by atoms with van der Waals surface area (Å²) >= 11 is 0. The lowest BCUT2D eigenvalue weighted by atomic mass is 10.1. The van der Waals surface area contributed by atoms with Gasteiger partial charge in [0.15, 0.2) is 5.76 Å². The van der Waals surface area contributed by atoms with Gasteiger partial charge in [-0.05, 0) is 18.6 Å². The predicted octanol–water partition coefficient (Wildman–Crippen LogP) is 3.60. The quantitative estimate of drug-likeness (QED) is 0.765. The lowest BCUT2D eigenvalue weighted by Gasteiger charge is -2.17. The second kappa shape index (κ2) is 7.72. The summed E-state index contributed by atoms with van der Waals surface area (Å²) < 4.78 is 5.92. The average Bonchev–Trinajstić information content (AvgIpc) is 3.31. The Morgan fingerprint density at radius 1 is 1.12 bits per heavy atom. The largest absolute Gasteiger partial charge is 0.436 e. The van der Waals surface area contributed by atoms with E-state index in [4.69, 9.17) is 10.2 Å². The number of carbonyl (C=O) groups is 1. The molecule has 4 rings (SSSR count). The van der Waals surface area contributed by atoms with Gasteiger partial charge in [-0.3, -0.25) is 4.79 Å². The molecule has 1 aromatic heterocycles. The number of halogens is 1. The minimum Gasteiger partial charge on any atom is -0.436 e. The highest BCUT2D eigenvalue weighted by atomic mass is 35.5. The van der Waals surface area contributed by atoms with Gasteiger partial charge in [-0.15, -0.1) is 12.4 Å². The lowest BCUT2D eigenvalue weighted by Crippen LogP contribution is -2.32. The molecule has 1 aliphatic rings. The molecule has 0 unspecified atom stereocenters. The fraction of sp³-hybridized carbons (Fsp3) is 0.200. The SMILES string of the molecule is Cl.N[C@@H]1CCN(C(=O)c2ccccc2-c2ncc(-c3ccccc3)o2)C1. The second-order valence-electron chi connectivity index (χ2n) is 6.24. The molecule has 1 atom stereocenters. The zero-order valence-corrected chi connectivity index (χ0v) is 15.0. The van der Waals surface area contributed by atoms with Crippen LogP contribution in [-0.4, -0.2) is 34.9 Å². The number of likely N-dealkylation sites (tertiary alicyclic amines) is 1. The smallest absolute Gasteiger partial charge is 0.254 e. The number of hydrogen-bond acceptors (Lipinski definition) is 4. The lowest BCUT2D eigenvalue weighted by molar-refractivity contribution is 0.0791. The number of amides is 1. The van der Waals surface area contributed by atoms with E-state index in [-0.39, 0.29) is 24.4 Å². The Morgan fingerprint density at radius 3 is 2.58 bits per heavy atom. The van der Waals surface area contributed by atoms with Crippen LogP contribution in [0.15, 0.2) is 65.2 Å². The fourth-order valence-corrected chi connectivity index (χ4v) is 3.13. The topological polar surface area (TPSA) is 72.4 Å². The molecule has 3 aromatic rings. The van der Waals surface area contributed by atoms with Crippen molar-refractivity contribution in [3.8, 4) is 22.8 Å². The van der Waals surface area contributed by atoms with Gasteiger partial charge in [-0.25, -0.2) is 4.98 Å². The maximum absolute atomic E-state index is 12.9. The summed E-state index contributed by atoms with van der Waals surface area (Å²) in [6, 6.07) is 17.3. The van der Waals surface area contributed by atoms with Crippen molar-refractivity contribution in [1.29, 1.82) is 0 Å². The van der Waals surface area contributed by atoms with E-state index >= 15 is 0 Å². The van der Waals surface area contributed by atoms with Crippen molar-refractivity contribution in [3.05, 3.63) is 66.4 Å². The first-order valence-electron chi connectivity index (χ1n) is 8.38. The van der Waals surface area contributed by atoms with Crippen LogP contribution in [0.1, 0.15) is 16.8 Å². The summed E-state index contributed by atoms with van der Waals surface area (Å²) in [4.78, 5) is 19.0. The third-order valence-electron chi connectivity index (χ3n) is 4.46. The molecular weight excluding hydrogens is 350 g/mol. The van der Waals surface area contributed by atoms with Crippen molar-refractivity contribution in [3.63, 3.8) is 0 Å². The molecule has 0 aliphatic carbocycles. The molecule has 134 valence electrons. The first kappa shape index (κ1) is 18.2. The molecule has 5 nitrogen and oxygen atoms in total. The van der Waals surface area contributed by atoms with Crippen molar-refractivity contribution in [2.24, 2.45) is 5.73 Å². The highest BCUT2D eigenvalue weighted by Gasteiger charge is 2.27. The van der Waals surface area contributed by atoms with Crippen LogP contribution < -0.4 is 5.73 Å². The van der Waals surface area contributed by atoms with E-state index in [1.807, 2.05) is 54.6 Å². The molecule has 2 aromatic carbocycles. The average molecular weight is 370 g/mol. The van der Waals surface area contributed by atoms with E-state index in [1.54, 1.807) is 11.1 Å². The van der Waals surface area contributed by atoms with Crippen molar-refractivity contribution in [2.75, 3.05) is 13.1 Å². The number of hydrogen-bond donors (Lipinski definition) is 1. The standard InChI is InChI=1S/C20H19N3O2.ClH/c21-15-10-11-23(13-15)20(24)17-9-5-4-8-16(17)19-22-12-18(25-19)14-6-2-1-3-7-14;/h1-9,12,15H,10-11,13,21H2;1H/t15-;/m1./s1. The summed E-state index contributed by atoms with van der Waals surface area (Å²) in [7, 11) is 0. The summed E-state index contributed by atoms with van der Waals surface area (Å²) in [5.74, 6) is 1.11. The van der Waals surface area contributed by atoms with E-state index < -0.39 is 0 Å². The van der Waals surface area contributed by atoms with Gasteiger partial charge in [0.25, 0.3) is 5.91 Å². The van der Waals surface area contributed by atoms with Crippen molar-refractivity contribution < 1.29 is 9.21 Å². The van der Waals surface area contributed by atoms with Crippen molar-refractivity contribution in [2.45, 2.75) is 12.5 Å². The summed E-state index contributed by atoms with van der Waals surface area (Å²) in [6.45, 7) is 1.28. The molecule has 6 heteroatoms. The summed E-state index contributed by atoms with van der Waals surface area (Å²) in [5.41, 5.74) is 8.19. The molecule has 0 spiro atoms. The maximum atomic E-state index is 12.9. The molecule has 1 aliphatic heterocycles. The third-order valence-corrected chi connectivity index (χ3v) is 4.46. The number of rotatable bonds is 3. The maximum Gasteiger partial charge on any atom is 0.254 e. The van der Waals surface area contributed by atoms with E-state index in [0.29, 0.717) is 35.9 Å². The van der Waals surface area contributed by atoms with Crippen LogP contribution in [0.3, 0.4) is 0 Å². The van der Waals surface area contributed by atoms with Crippen LogP contribution in [0.2, 0.25) is 0 Å². The molecule has 2 heterocycles. The predicted molar refractivity (Wildman–Crippen MR) is 103 cm³/mol. The Morgan fingerprint density at radius 2 is 1.85 bits per heavy atom. The molecule has 1 saturated heterocycles. The van der Waals surface area contributed by atoms with E-state index in [9.17, 15) is 4.79 Å². The molecule has 26 heavy (non-hydrogen) atoms. The van der Waals surface area contributed by atoms with E-state index in [0.717, 1.165) is 12.0 Å². The minimum absolute atomic E-state index is 0. The molecule has 0 radical (unpaired) electrons.